The molecule has 6 nitrogen and oxygen atoms in total. The fourth-order valence-electron chi connectivity index (χ4n) is 3.44. The second-order valence-corrected chi connectivity index (χ2v) is 6.88. The minimum Gasteiger partial charge on any atom is -0.493 e. The topological polar surface area (TPSA) is 60.0 Å². The van der Waals surface area contributed by atoms with Crippen LogP contribution in [0.3, 0.4) is 0 Å². The van der Waals surface area contributed by atoms with Gasteiger partial charge in [-0.1, -0.05) is 30.3 Å². The first-order valence-corrected chi connectivity index (χ1v) is 9.54. The zero-order valence-corrected chi connectivity index (χ0v) is 16.7. The smallest absolute Gasteiger partial charge is 0.254 e. The lowest BCUT2D eigenvalue weighted by Crippen LogP contribution is -2.43. The lowest BCUT2D eigenvalue weighted by Gasteiger charge is -2.32. The Balaban J connectivity index is 1.82. The molecule has 1 amide bonds. The molecule has 150 valence electrons. The van der Waals surface area contributed by atoms with Crippen LogP contribution >= 0.6 is 0 Å². The van der Waals surface area contributed by atoms with Crippen molar-refractivity contribution in [1.29, 1.82) is 0 Å². The molecule has 1 saturated heterocycles. The number of rotatable bonds is 7. The van der Waals surface area contributed by atoms with Crippen molar-refractivity contribution in [2.75, 3.05) is 34.4 Å². The number of carbonyl (C=O) groups excluding carboxylic acids is 1. The molecule has 1 N–H and O–H groups in total. The van der Waals surface area contributed by atoms with E-state index in [1.54, 1.807) is 26.4 Å². The Bertz CT molecular complexity index is 763. The number of nitrogens with one attached hydrogen (secondary N) is 1. The summed E-state index contributed by atoms with van der Waals surface area (Å²) in [4.78, 5) is 14.8. The van der Waals surface area contributed by atoms with Gasteiger partial charge in [0.2, 0.25) is 5.75 Å². The van der Waals surface area contributed by atoms with Crippen LogP contribution in [0.4, 0.5) is 0 Å². The van der Waals surface area contributed by atoms with Crippen LogP contribution in [0, 0.1) is 0 Å². The number of nitrogens with zero attached hydrogens (tertiary/aromatic N) is 1. The summed E-state index contributed by atoms with van der Waals surface area (Å²) in [6.45, 7) is 2.25. The van der Waals surface area contributed by atoms with Gasteiger partial charge >= 0.3 is 0 Å². The summed E-state index contributed by atoms with van der Waals surface area (Å²) >= 11 is 0. The van der Waals surface area contributed by atoms with Crippen molar-refractivity contribution in [3.05, 3.63) is 53.6 Å². The molecular weight excluding hydrogens is 356 g/mol. The summed E-state index contributed by atoms with van der Waals surface area (Å²) in [6, 6.07) is 13.6. The number of methoxy groups -OCH3 is 2. The molecule has 28 heavy (non-hydrogen) atoms. The van der Waals surface area contributed by atoms with Crippen molar-refractivity contribution >= 4 is 5.91 Å². The molecule has 2 aromatic carbocycles. The van der Waals surface area contributed by atoms with E-state index in [0.29, 0.717) is 29.4 Å². The molecule has 1 fully saturated rings. The largest absolute Gasteiger partial charge is 0.493 e. The average molecular weight is 384 g/mol. The Morgan fingerprint density at radius 3 is 2.25 bits per heavy atom. The standard InChI is InChI=1S/C22H28N2O4/c1-24(18-9-11-23-12-10-18)22(25)17-13-19(26-2)21(20(14-17)27-3)28-15-16-7-5-4-6-8-16/h4-8,13-14,18,23H,9-12,15H2,1-3H3. The number of hydrogen-bond donors (Lipinski definition) is 1. The summed E-state index contributed by atoms with van der Waals surface area (Å²) in [5.41, 5.74) is 1.57. The van der Waals surface area contributed by atoms with Gasteiger partial charge in [0.25, 0.3) is 5.91 Å². The highest BCUT2D eigenvalue weighted by Gasteiger charge is 2.25. The Morgan fingerprint density at radius 2 is 1.68 bits per heavy atom. The molecule has 3 rings (SSSR count). The maximum atomic E-state index is 13.0. The van der Waals surface area contributed by atoms with Gasteiger partial charge < -0.3 is 24.4 Å². The van der Waals surface area contributed by atoms with Gasteiger partial charge in [0.15, 0.2) is 11.5 Å². The van der Waals surface area contributed by atoms with E-state index in [-0.39, 0.29) is 11.9 Å². The van der Waals surface area contributed by atoms with Gasteiger partial charge in [0.1, 0.15) is 6.61 Å². The van der Waals surface area contributed by atoms with E-state index in [1.165, 1.54) is 0 Å². The molecule has 1 aliphatic heterocycles. The lowest BCUT2D eigenvalue weighted by molar-refractivity contribution is 0.0702. The van der Waals surface area contributed by atoms with E-state index < -0.39 is 0 Å². The minimum absolute atomic E-state index is 0.0434. The number of ether oxygens (including phenoxy) is 3. The van der Waals surface area contributed by atoms with Crippen LogP contribution in [-0.4, -0.2) is 51.2 Å². The van der Waals surface area contributed by atoms with Crippen molar-refractivity contribution in [3.8, 4) is 17.2 Å². The van der Waals surface area contributed by atoms with Crippen LogP contribution in [0.2, 0.25) is 0 Å². The van der Waals surface area contributed by atoms with Gasteiger partial charge in [0, 0.05) is 18.7 Å². The Labute approximate surface area is 166 Å². The number of carbonyl (C=O) groups is 1. The van der Waals surface area contributed by atoms with Gasteiger partial charge in [-0.05, 0) is 43.6 Å². The molecule has 0 unspecified atom stereocenters. The molecule has 1 aliphatic rings. The summed E-state index contributed by atoms with van der Waals surface area (Å²) in [7, 11) is 4.99. The van der Waals surface area contributed by atoms with Crippen molar-refractivity contribution in [2.45, 2.75) is 25.5 Å². The molecule has 0 aromatic heterocycles. The summed E-state index contributed by atoms with van der Waals surface area (Å²) in [6.07, 6.45) is 1.91. The van der Waals surface area contributed by atoms with Crippen LogP contribution in [0.1, 0.15) is 28.8 Å². The predicted octanol–water partition coefficient (Wildman–Crippen LogP) is 3.11. The third-order valence-corrected chi connectivity index (χ3v) is 5.11. The molecular formula is C22H28N2O4. The average Bonchev–Trinajstić information content (AvgIpc) is 2.77. The van der Waals surface area contributed by atoms with Crippen molar-refractivity contribution < 1.29 is 19.0 Å². The van der Waals surface area contributed by atoms with Gasteiger partial charge in [-0.25, -0.2) is 0 Å². The van der Waals surface area contributed by atoms with Gasteiger partial charge in [-0.15, -0.1) is 0 Å². The molecule has 0 radical (unpaired) electrons. The van der Waals surface area contributed by atoms with E-state index in [0.717, 1.165) is 31.5 Å². The second-order valence-electron chi connectivity index (χ2n) is 6.88. The highest BCUT2D eigenvalue weighted by molar-refractivity contribution is 5.95. The van der Waals surface area contributed by atoms with E-state index in [4.69, 9.17) is 14.2 Å². The molecule has 2 aromatic rings. The minimum atomic E-state index is -0.0434. The van der Waals surface area contributed by atoms with Crippen LogP contribution in [0.5, 0.6) is 17.2 Å². The molecule has 0 atom stereocenters. The number of benzene rings is 2. The normalized spacial score (nSPS) is 14.4. The zero-order chi connectivity index (χ0) is 19.9. The Hall–Kier alpha value is -2.73. The maximum absolute atomic E-state index is 13.0. The fraction of sp³-hybridized carbons (Fsp3) is 0.409. The molecule has 1 heterocycles. The van der Waals surface area contributed by atoms with Gasteiger partial charge in [-0.3, -0.25) is 4.79 Å². The summed E-state index contributed by atoms with van der Waals surface area (Å²) in [5.74, 6) is 1.42. The first-order chi connectivity index (χ1) is 13.6. The van der Waals surface area contributed by atoms with E-state index in [2.05, 4.69) is 5.32 Å². The first kappa shape index (κ1) is 20.0. The zero-order valence-electron chi connectivity index (χ0n) is 16.7. The van der Waals surface area contributed by atoms with E-state index in [1.807, 2.05) is 42.3 Å². The third kappa shape index (κ3) is 4.57. The maximum Gasteiger partial charge on any atom is 0.254 e. The number of hydrogen-bond acceptors (Lipinski definition) is 5. The van der Waals surface area contributed by atoms with Gasteiger partial charge in [-0.2, -0.15) is 0 Å². The lowest BCUT2D eigenvalue weighted by atomic mass is 10.0. The van der Waals surface area contributed by atoms with Crippen LogP contribution in [0.25, 0.3) is 0 Å². The molecule has 0 saturated carbocycles. The monoisotopic (exact) mass is 384 g/mol. The Morgan fingerprint density at radius 1 is 1.07 bits per heavy atom. The van der Waals surface area contributed by atoms with E-state index >= 15 is 0 Å². The van der Waals surface area contributed by atoms with Crippen molar-refractivity contribution in [3.63, 3.8) is 0 Å². The van der Waals surface area contributed by atoms with Crippen molar-refractivity contribution in [1.82, 2.24) is 10.2 Å². The molecule has 6 heteroatoms. The Kier molecular flexibility index (Phi) is 6.76. The summed E-state index contributed by atoms with van der Waals surface area (Å²) in [5, 5.41) is 3.33. The molecule has 0 spiro atoms. The molecule has 0 bridgehead atoms. The fourth-order valence-corrected chi connectivity index (χ4v) is 3.44. The highest BCUT2D eigenvalue weighted by Crippen LogP contribution is 2.39. The van der Waals surface area contributed by atoms with Gasteiger partial charge in [0.05, 0.1) is 14.2 Å². The van der Waals surface area contributed by atoms with Crippen LogP contribution in [-0.2, 0) is 6.61 Å². The second kappa shape index (κ2) is 9.46. The SMILES string of the molecule is COc1cc(C(=O)N(C)C2CCNCC2)cc(OC)c1OCc1ccccc1. The predicted molar refractivity (Wildman–Crippen MR) is 108 cm³/mol. The number of amides is 1. The third-order valence-electron chi connectivity index (χ3n) is 5.11. The highest BCUT2D eigenvalue weighted by atomic mass is 16.5. The quantitative estimate of drug-likeness (QED) is 0.795. The summed E-state index contributed by atoms with van der Waals surface area (Å²) < 4.78 is 17.0. The first-order valence-electron chi connectivity index (χ1n) is 9.54. The molecule has 0 aliphatic carbocycles. The van der Waals surface area contributed by atoms with Crippen LogP contribution < -0.4 is 19.5 Å². The van der Waals surface area contributed by atoms with Crippen LogP contribution in [0.15, 0.2) is 42.5 Å². The van der Waals surface area contributed by atoms with Crippen molar-refractivity contribution in [2.24, 2.45) is 0 Å². The van der Waals surface area contributed by atoms with E-state index in [9.17, 15) is 4.79 Å². The number of piperidine rings is 1.